The van der Waals surface area contributed by atoms with Gasteiger partial charge in [0.1, 0.15) is 0 Å². The van der Waals surface area contributed by atoms with E-state index in [9.17, 15) is 0 Å². The van der Waals surface area contributed by atoms with Crippen molar-refractivity contribution < 1.29 is 0 Å². The maximum absolute atomic E-state index is 8.52. The molecule has 2 rings (SSSR count). The Bertz CT molecular complexity index is 590. The van der Waals surface area contributed by atoms with Gasteiger partial charge in [0.15, 0.2) is 0 Å². The van der Waals surface area contributed by atoms with Gasteiger partial charge in [0, 0.05) is 15.5 Å². The monoisotopic (exact) mass is 394 g/mol. The predicted molar refractivity (Wildman–Crippen MR) is 90.4 cm³/mol. The fourth-order valence-corrected chi connectivity index (χ4v) is 2.99. The molecule has 0 aromatic heterocycles. The lowest BCUT2D eigenvalue weighted by Gasteiger charge is -1.99. The second kappa shape index (κ2) is 8.21. The van der Waals surface area contributed by atoms with Crippen molar-refractivity contribution in [1.82, 2.24) is 0 Å². The highest BCUT2D eigenvalue weighted by Crippen LogP contribution is 2.15. The number of hydrogen-bond donors (Lipinski definition) is 1. The summed E-state index contributed by atoms with van der Waals surface area (Å²) in [5.74, 6) is 0. The van der Waals surface area contributed by atoms with Gasteiger partial charge >= 0.3 is 0 Å². The van der Waals surface area contributed by atoms with Gasteiger partial charge in [-0.2, -0.15) is 5.26 Å². The van der Waals surface area contributed by atoms with Crippen LogP contribution < -0.4 is 5.73 Å². The number of halogens is 2. The molecule has 0 saturated heterocycles. The first-order valence-electron chi connectivity index (χ1n) is 6.08. The van der Waals surface area contributed by atoms with Crippen LogP contribution >= 0.6 is 31.9 Å². The summed E-state index contributed by atoms with van der Waals surface area (Å²) < 4.78 is 2.07. The minimum atomic E-state index is 0.611. The molecule has 0 aliphatic carbocycles. The van der Waals surface area contributed by atoms with E-state index in [-0.39, 0.29) is 0 Å². The zero-order chi connectivity index (χ0) is 15.1. The highest BCUT2D eigenvalue weighted by atomic mass is 79.9. The van der Waals surface area contributed by atoms with Crippen molar-refractivity contribution in [3.05, 3.63) is 67.6 Å². The van der Waals surface area contributed by atoms with Crippen LogP contribution in [0.2, 0.25) is 0 Å². The molecule has 0 amide bonds. The first-order chi connectivity index (χ1) is 9.44. The van der Waals surface area contributed by atoms with Crippen molar-refractivity contribution in [3.8, 4) is 6.07 Å². The van der Waals surface area contributed by atoms with Crippen molar-refractivity contribution in [2.24, 2.45) is 5.73 Å². The van der Waals surface area contributed by atoms with Gasteiger partial charge in [-0.15, -0.1) is 0 Å². The Balaban J connectivity index is 0.000000200. The minimum Gasteiger partial charge on any atom is -0.326 e. The van der Waals surface area contributed by atoms with Crippen LogP contribution in [0.3, 0.4) is 0 Å². The highest BCUT2D eigenvalue weighted by Gasteiger charge is 1.93. The molecule has 0 spiro atoms. The van der Waals surface area contributed by atoms with Gasteiger partial charge in [-0.3, -0.25) is 0 Å². The van der Waals surface area contributed by atoms with Crippen LogP contribution in [0.5, 0.6) is 0 Å². The van der Waals surface area contributed by atoms with Gasteiger partial charge in [-0.05, 0) is 60.9 Å². The first kappa shape index (κ1) is 16.9. The summed E-state index contributed by atoms with van der Waals surface area (Å²) in [6, 6.07) is 13.9. The van der Waals surface area contributed by atoms with Crippen molar-refractivity contribution in [2.45, 2.75) is 20.4 Å². The largest absolute Gasteiger partial charge is 0.326 e. The molecule has 0 unspecified atom stereocenters. The van der Waals surface area contributed by atoms with Crippen molar-refractivity contribution in [2.75, 3.05) is 0 Å². The molecule has 0 bridgehead atoms. The summed E-state index contributed by atoms with van der Waals surface area (Å²) in [5.41, 5.74) is 9.69. The Morgan fingerprint density at radius 2 is 1.50 bits per heavy atom. The van der Waals surface area contributed by atoms with E-state index in [4.69, 9.17) is 11.0 Å². The van der Waals surface area contributed by atoms with E-state index in [1.165, 1.54) is 11.1 Å². The molecule has 104 valence electrons. The zero-order valence-electron chi connectivity index (χ0n) is 11.5. The summed E-state index contributed by atoms with van der Waals surface area (Å²) in [4.78, 5) is 0. The lowest BCUT2D eigenvalue weighted by molar-refractivity contribution is 1.06. The molecule has 0 atom stereocenters. The second-order valence-corrected chi connectivity index (χ2v) is 6.30. The summed E-state index contributed by atoms with van der Waals surface area (Å²) in [5, 5.41) is 8.52. The van der Waals surface area contributed by atoms with E-state index in [1.807, 2.05) is 25.1 Å². The van der Waals surface area contributed by atoms with E-state index in [0.717, 1.165) is 14.5 Å². The number of nitriles is 1. The Morgan fingerprint density at radius 3 is 1.95 bits per heavy atom. The molecule has 0 fully saturated rings. The number of rotatable bonds is 1. The van der Waals surface area contributed by atoms with E-state index >= 15 is 0 Å². The number of aryl methyl sites for hydroxylation is 2. The molecule has 2 aromatic rings. The Labute approximate surface area is 136 Å². The van der Waals surface area contributed by atoms with Crippen LogP contribution in [0.15, 0.2) is 45.3 Å². The fraction of sp³-hybridized carbons (Fsp3) is 0.188. The quantitative estimate of drug-likeness (QED) is 0.750. The van der Waals surface area contributed by atoms with Crippen LogP contribution in [-0.2, 0) is 6.54 Å². The van der Waals surface area contributed by atoms with Gasteiger partial charge in [-0.25, -0.2) is 0 Å². The van der Waals surface area contributed by atoms with Crippen LogP contribution in [-0.4, -0.2) is 0 Å². The van der Waals surface area contributed by atoms with Gasteiger partial charge in [0.2, 0.25) is 0 Å². The summed E-state index contributed by atoms with van der Waals surface area (Å²) in [6.45, 7) is 4.63. The lowest BCUT2D eigenvalue weighted by Crippen LogP contribution is -1.96. The topological polar surface area (TPSA) is 49.8 Å². The van der Waals surface area contributed by atoms with Crippen molar-refractivity contribution in [1.29, 1.82) is 5.26 Å². The Hall–Kier alpha value is -1.15. The lowest BCUT2D eigenvalue weighted by atomic mass is 10.1. The molecule has 0 aliphatic heterocycles. The number of nitrogens with zero attached hydrogens (tertiary/aromatic N) is 1. The first-order valence-corrected chi connectivity index (χ1v) is 7.66. The molecule has 2 nitrogen and oxygen atoms in total. The van der Waals surface area contributed by atoms with Crippen LogP contribution in [0.1, 0.15) is 22.3 Å². The van der Waals surface area contributed by atoms with E-state index in [1.54, 1.807) is 6.07 Å². The van der Waals surface area contributed by atoms with Gasteiger partial charge in [0.05, 0.1) is 11.6 Å². The van der Waals surface area contributed by atoms with Crippen molar-refractivity contribution in [3.63, 3.8) is 0 Å². The third kappa shape index (κ3) is 5.87. The summed E-state index contributed by atoms with van der Waals surface area (Å²) in [7, 11) is 0. The SMILES string of the molecule is Cc1cc(Br)cc(C#N)c1.Cc1cc(Br)cc(CN)c1. The number of hydrogen-bond acceptors (Lipinski definition) is 2. The molecular formula is C16H16Br2N2. The molecular weight excluding hydrogens is 380 g/mol. The molecule has 20 heavy (non-hydrogen) atoms. The van der Waals surface area contributed by atoms with Gasteiger partial charge < -0.3 is 5.73 Å². The molecule has 2 aromatic carbocycles. The molecule has 0 heterocycles. The van der Waals surface area contributed by atoms with Crippen LogP contribution in [0.25, 0.3) is 0 Å². The Morgan fingerprint density at radius 1 is 0.950 bits per heavy atom. The average molecular weight is 396 g/mol. The van der Waals surface area contributed by atoms with Gasteiger partial charge in [0.25, 0.3) is 0 Å². The van der Waals surface area contributed by atoms with Crippen LogP contribution in [0.4, 0.5) is 0 Å². The predicted octanol–water partition coefficient (Wildman–Crippen LogP) is 4.85. The smallest absolute Gasteiger partial charge is 0.0992 e. The van der Waals surface area contributed by atoms with E-state index in [2.05, 4.69) is 57.0 Å². The normalized spacial score (nSPS) is 9.40. The standard InChI is InChI=1S/C8H10BrN.C8H6BrN/c2*1-6-2-7(5-10)4-8(9)3-6/h2-4H,5,10H2,1H3;2-4H,1H3. The molecule has 0 saturated carbocycles. The van der Waals surface area contributed by atoms with Crippen molar-refractivity contribution >= 4 is 31.9 Å². The number of benzene rings is 2. The third-order valence-electron chi connectivity index (χ3n) is 2.51. The number of nitrogens with two attached hydrogens (primary N) is 1. The summed E-state index contributed by atoms with van der Waals surface area (Å²) >= 11 is 6.70. The fourth-order valence-electron chi connectivity index (χ4n) is 1.73. The second-order valence-electron chi connectivity index (χ2n) is 4.47. The van der Waals surface area contributed by atoms with E-state index < -0.39 is 0 Å². The maximum Gasteiger partial charge on any atom is 0.0992 e. The van der Waals surface area contributed by atoms with E-state index in [0.29, 0.717) is 12.1 Å². The molecule has 2 N–H and O–H groups in total. The van der Waals surface area contributed by atoms with Gasteiger partial charge in [-0.1, -0.05) is 37.9 Å². The zero-order valence-corrected chi connectivity index (χ0v) is 14.6. The summed E-state index contributed by atoms with van der Waals surface area (Å²) in [6.07, 6.45) is 0. The molecule has 4 heteroatoms. The van der Waals surface area contributed by atoms with Crippen LogP contribution in [0, 0.1) is 25.2 Å². The average Bonchev–Trinajstić information content (AvgIpc) is 2.37. The molecule has 0 radical (unpaired) electrons. The maximum atomic E-state index is 8.52. The Kier molecular flexibility index (Phi) is 6.94. The highest BCUT2D eigenvalue weighted by molar-refractivity contribution is 9.10. The third-order valence-corrected chi connectivity index (χ3v) is 3.42. The minimum absolute atomic E-state index is 0.611. The molecule has 0 aliphatic rings.